The molecular formula is C21H26N2O4. The van der Waals surface area contributed by atoms with Crippen molar-refractivity contribution in [3.8, 4) is 5.75 Å². The van der Waals surface area contributed by atoms with Crippen LogP contribution in [0.3, 0.4) is 0 Å². The number of piperidine rings is 1. The Morgan fingerprint density at radius 1 is 1.22 bits per heavy atom. The lowest BCUT2D eigenvalue weighted by molar-refractivity contribution is 0.110. The summed E-state index contributed by atoms with van der Waals surface area (Å²) in [7, 11) is 0. The van der Waals surface area contributed by atoms with Gasteiger partial charge in [0, 0.05) is 38.5 Å². The first-order valence-corrected chi connectivity index (χ1v) is 9.45. The average molecular weight is 370 g/mol. The van der Waals surface area contributed by atoms with Crippen LogP contribution in [0, 0.1) is 6.92 Å². The minimum absolute atomic E-state index is 0.00771. The van der Waals surface area contributed by atoms with Crippen molar-refractivity contribution in [2.24, 2.45) is 0 Å². The lowest BCUT2D eigenvalue weighted by Crippen LogP contribution is -2.46. The van der Waals surface area contributed by atoms with Crippen molar-refractivity contribution in [1.82, 2.24) is 10.2 Å². The molecule has 0 spiro atoms. The molecule has 0 atom stereocenters. The molecule has 2 aromatic rings. The second-order valence-corrected chi connectivity index (χ2v) is 6.85. The Kier molecular flexibility index (Phi) is 6.52. The van der Waals surface area contributed by atoms with E-state index in [4.69, 9.17) is 9.15 Å². The number of carbonyl (C=O) groups is 1. The molecule has 0 bridgehead atoms. The topological polar surface area (TPSA) is 71.8 Å². The maximum atomic E-state index is 12.3. The van der Waals surface area contributed by atoms with Crippen LogP contribution >= 0.6 is 0 Å². The number of nitrogens with zero attached hydrogens (tertiary/aromatic N) is 1. The molecule has 2 heterocycles. The van der Waals surface area contributed by atoms with Crippen LogP contribution in [0.1, 0.15) is 30.6 Å². The van der Waals surface area contributed by atoms with Crippen molar-refractivity contribution in [1.29, 1.82) is 0 Å². The molecule has 1 aliphatic rings. The highest BCUT2D eigenvalue weighted by Gasteiger charge is 2.23. The van der Waals surface area contributed by atoms with E-state index in [-0.39, 0.29) is 12.1 Å². The van der Waals surface area contributed by atoms with E-state index in [1.54, 1.807) is 13.0 Å². The first-order chi connectivity index (χ1) is 13.1. The highest BCUT2D eigenvalue weighted by Crippen LogP contribution is 2.18. The first kappa shape index (κ1) is 19.0. The van der Waals surface area contributed by atoms with Crippen LogP contribution in [0.25, 0.3) is 0 Å². The molecular weight excluding hydrogens is 344 g/mol. The maximum absolute atomic E-state index is 12.3. The van der Waals surface area contributed by atoms with Gasteiger partial charge in [0.2, 0.25) is 0 Å². The molecule has 27 heavy (non-hydrogen) atoms. The van der Waals surface area contributed by atoms with Gasteiger partial charge in [-0.15, -0.1) is 0 Å². The number of carbonyl (C=O) groups excluding carboxylic acids is 1. The summed E-state index contributed by atoms with van der Waals surface area (Å²) in [6, 6.07) is 13.3. The molecule has 3 rings (SSSR count). The number of amides is 2. The number of urea groups is 1. The molecule has 144 valence electrons. The monoisotopic (exact) mass is 370 g/mol. The van der Waals surface area contributed by atoms with Gasteiger partial charge in [0.05, 0.1) is 6.07 Å². The average Bonchev–Trinajstić information content (AvgIpc) is 2.66. The fourth-order valence-electron chi connectivity index (χ4n) is 3.26. The zero-order valence-electron chi connectivity index (χ0n) is 15.6. The number of benzene rings is 1. The standard InChI is InChI=1S/C21H26N2O4/c1-16-14-19(15-20(24)26-16)27-18-9-12-23(13-10-18)21(25)22-11-5-8-17-6-3-2-4-7-17/h2-4,6-7,14-15,18H,5,8-13H2,1H3,(H,22,25). The zero-order chi connectivity index (χ0) is 19.1. The molecule has 1 saturated heterocycles. The van der Waals surface area contributed by atoms with Gasteiger partial charge in [0.15, 0.2) is 0 Å². The van der Waals surface area contributed by atoms with Crippen LogP contribution in [0.5, 0.6) is 5.75 Å². The largest absolute Gasteiger partial charge is 0.490 e. The van der Waals surface area contributed by atoms with Crippen molar-refractivity contribution in [2.75, 3.05) is 19.6 Å². The molecule has 0 saturated carbocycles. The summed E-state index contributed by atoms with van der Waals surface area (Å²) in [4.78, 5) is 25.5. The first-order valence-electron chi connectivity index (χ1n) is 9.45. The van der Waals surface area contributed by atoms with Gasteiger partial charge in [0.1, 0.15) is 17.6 Å². The third-order valence-electron chi connectivity index (χ3n) is 4.66. The minimum Gasteiger partial charge on any atom is -0.490 e. The Balaban J connectivity index is 1.37. The molecule has 1 aliphatic heterocycles. The molecule has 0 radical (unpaired) electrons. The molecule has 6 nitrogen and oxygen atoms in total. The second-order valence-electron chi connectivity index (χ2n) is 6.85. The lowest BCUT2D eigenvalue weighted by Gasteiger charge is -2.32. The van der Waals surface area contributed by atoms with Gasteiger partial charge in [-0.1, -0.05) is 30.3 Å². The fraction of sp³-hybridized carbons (Fsp3) is 0.429. The fourth-order valence-corrected chi connectivity index (χ4v) is 3.26. The summed E-state index contributed by atoms with van der Waals surface area (Å²) in [5, 5.41) is 2.99. The Labute approximate surface area is 159 Å². The Morgan fingerprint density at radius 3 is 2.67 bits per heavy atom. The number of likely N-dealkylation sites (tertiary alicyclic amines) is 1. The van der Waals surface area contributed by atoms with Gasteiger partial charge in [-0.25, -0.2) is 9.59 Å². The van der Waals surface area contributed by atoms with E-state index >= 15 is 0 Å². The van der Waals surface area contributed by atoms with E-state index in [2.05, 4.69) is 17.4 Å². The van der Waals surface area contributed by atoms with Gasteiger partial charge in [0.25, 0.3) is 0 Å². The second kappa shape index (κ2) is 9.26. The van der Waals surface area contributed by atoms with Crippen molar-refractivity contribution in [3.63, 3.8) is 0 Å². The summed E-state index contributed by atoms with van der Waals surface area (Å²) in [5.41, 5.74) is 0.882. The highest BCUT2D eigenvalue weighted by atomic mass is 16.5. The van der Waals surface area contributed by atoms with Gasteiger partial charge >= 0.3 is 11.7 Å². The number of nitrogens with one attached hydrogen (secondary N) is 1. The Hall–Kier alpha value is -2.76. The van der Waals surface area contributed by atoms with Crippen LogP contribution in [-0.4, -0.2) is 36.7 Å². The summed E-state index contributed by atoms with van der Waals surface area (Å²) < 4.78 is 10.8. The summed E-state index contributed by atoms with van der Waals surface area (Å²) in [6.07, 6.45) is 3.38. The number of ether oxygens (including phenoxy) is 1. The third-order valence-corrected chi connectivity index (χ3v) is 4.66. The van der Waals surface area contributed by atoms with Crippen molar-refractivity contribution >= 4 is 6.03 Å². The van der Waals surface area contributed by atoms with Gasteiger partial charge < -0.3 is 19.4 Å². The van der Waals surface area contributed by atoms with Crippen LogP contribution in [-0.2, 0) is 6.42 Å². The lowest BCUT2D eigenvalue weighted by atomic mass is 10.1. The maximum Gasteiger partial charge on any atom is 0.339 e. The molecule has 0 aliphatic carbocycles. The van der Waals surface area contributed by atoms with Crippen LogP contribution < -0.4 is 15.7 Å². The molecule has 1 aromatic carbocycles. The van der Waals surface area contributed by atoms with E-state index in [0.29, 0.717) is 31.1 Å². The molecule has 2 amide bonds. The van der Waals surface area contributed by atoms with Gasteiger partial charge in [-0.2, -0.15) is 0 Å². The summed E-state index contributed by atoms with van der Waals surface area (Å²) in [5.74, 6) is 1.07. The molecule has 0 unspecified atom stereocenters. The van der Waals surface area contributed by atoms with Crippen LogP contribution in [0.4, 0.5) is 4.79 Å². The van der Waals surface area contributed by atoms with Gasteiger partial charge in [-0.3, -0.25) is 0 Å². The Morgan fingerprint density at radius 2 is 1.96 bits per heavy atom. The van der Waals surface area contributed by atoms with Crippen LogP contribution in [0.15, 0.2) is 51.7 Å². The molecule has 1 aromatic heterocycles. The van der Waals surface area contributed by atoms with E-state index < -0.39 is 5.63 Å². The number of rotatable bonds is 6. The third kappa shape index (κ3) is 5.88. The molecule has 6 heteroatoms. The van der Waals surface area contributed by atoms with Crippen molar-refractivity contribution < 1.29 is 13.9 Å². The predicted octanol–water partition coefficient (Wildman–Crippen LogP) is 3.13. The normalized spacial score (nSPS) is 14.8. The highest BCUT2D eigenvalue weighted by molar-refractivity contribution is 5.74. The van der Waals surface area contributed by atoms with E-state index in [1.807, 2.05) is 23.1 Å². The minimum atomic E-state index is -0.405. The van der Waals surface area contributed by atoms with Crippen molar-refractivity contribution in [3.05, 3.63) is 64.2 Å². The van der Waals surface area contributed by atoms with E-state index in [9.17, 15) is 9.59 Å². The summed E-state index contributed by atoms with van der Waals surface area (Å²) >= 11 is 0. The van der Waals surface area contributed by atoms with Gasteiger partial charge in [-0.05, 0) is 25.3 Å². The van der Waals surface area contributed by atoms with E-state index in [1.165, 1.54) is 11.6 Å². The quantitative estimate of drug-likeness (QED) is 0.793. The molecule has 1 fully saturated rings. The van der Waals surface area contributed by atoms with E-state index in [0.717, 1.165) is 25.7 Å². The number of hydrogen-bond acceptors (Lipinski definition) is 4. The zero-order valence-corrected chi connectivity index (χ0v) is 15.6. The smallest absolute Gasteiger partial charge is 0.339 e. The van der Waals surface area contributed by atoms with Crippen molar-refractivity contribution in [2.45, 2.75) is 38.7 Å². The Bertz CT molecular complexity index is 795. The van der Waals surface area contributed by atoms with Crippen LogP contribution in [0.2, 0.25) is 0 Å². The predicted molar refractivity (Wildman–Crippen MR) is 103 cm³/mol. The summed E-state index contributed by atoms with van der Waals surface area (Å²) in [6.45, 7) is 3.69. The molecule has 1 N–H and O–H groups in total. The number of aryl methyl sites for hydroxylation is 2. The number of hydrogen-bond donors (Lipinski definition) is 1. The SMILES string of the molecule is Cc1cc(OC2CCN(C(=O)NCCCc3ccccc3)CC2)cc(=O)o1.